The van der Waals surface area contributed by atoms with Crippen LogP contribution in [0.5, 0.6) is 0 Å². The maximum absolute atomic E-state index is 3.05. The Labute approximate surface area is 72.3 Å². The van der Waals surface area contributed by atoms with Gasteiger partial charge in [0.25, 0.3) is 0 Å². The van der Waals surface area contributed by atoms with Crippen molar-refractivity contribution in [1.82, 2.24) is 0 Å². The molecule has 2 rings (SSSR count). The van der Waals surface area contributed by atoms with Gasteiger partial charge in [0.1, 0.15) is 0 Å². The first-order chi connectivity index (χ1) is 5.09. The van der Waals surface area contributed by atoms with Gasteiger partial charge >= 0.3 is 0 Å². The highest BCUT2D eigenvalue weighted by molar-refractivity contribution is 7.19. The fourth-order valence-electron chi connectivity index (χ4n) is 2.81. The molecule has 2 aliphatic rings. The van der Waals surface area contributed by atoms with E-state index in [4.69, 9.17) is 0 Å². The van der Waals surface area contributed by atoms with Crippen molar-refractivity contribution in [1.29, 1.82) is 0 Å². The predicted molar refractivity (Wildman–Crippen MR) is 52.7 cm³/mol. The standard InChI is InChI=1S/C10H19P/c1-4-7-5-8(7)9-6(2)10(9,3)11/h6-9H,4-5,11H2,1-3H3. The first-order valence-corrected chi connectivity index (χ1v) is 5.45. The van der Waals surface area contributed by atoms with E-state index in [2.05, 4.69) is 30.0 Å². The van der Waals surface area contributed by atoms with Gasteiger partial charge in [-0.15, -0.1) is 9.24 Å². The number of hydrogen-bond donors (Lipinski definition) is 0. The molecule has 0 aromatic carbocycles. The Morgan fingerprint density at radius 3 is 2.36 bits per heavy atom. The van der Waals surface area contributed by atoms with E-state index in [1.54, 1.807) is 0 Å². The lowest BCUT2D eigenvalue weighted by Gasteiger charge is -2.00. The molecule has 0 aromatic rings. The fourth-order valence-corrected chi connectivity index (χ4v) is 3.45. The second-order valence-corrected chi connectivity index (χ2v) is 5.99. The van der Waals surface area contributed by atoms with Crippen LogP contribution in [-0.4, -0.2) is 5.16 Å². The third-order valence-electron chi connectivity index (χ3n) is 4.09. The van der Waals surface area contributed by atoms with Crippen LogP contribution in [0.25, 0.3) is 0 Å². The Kier molecular flexibility index (Phi) is 1.63. The average Bonchev–Trinajstić information content (AvgIpc) is 2.75. The van der Waals surface area contributed by atoms with Crippen LogP contribution in [0, 0.1) is 23.7 Å². The van der Waals surface area contributed by atoms with Crippen molar-refractivity contribution in [3.05, 3.63) is 0 Å². The molecule has 64 valence electrons. The summed E-state index contributed by atoms with van der Waals surface area (Å²) in [7, 11) is 3.05. The molecule has 0 N–H and O–H groups in total. The largest absolute Gasteiger partial charge is 0.131 e. The summed E-state index contributed by atoms with van der Waals surface area (Å²) in [6, 6.07) is 0. The lowest BCUT2D eigenvalue weighted by Crippen LogP contribution is -1.96. The molecule has 0 bridgehead atoms. The molecule has 0 aliphatic heterocycles. The van der Waals surface area contributed by atoms with Crippen molar-refractivity contribution < 1.29 is 0 Å². The van der Waals surface area contributed by atoms with Gasteiger partial charge in [-0.25, -0.2) is 0 Å². The molecule has 0 spiro atoms. The molecular weight excluding hydrogens is 151 g/mol. The van der Waals surface area contributed by atoms with Gasteiger partial charge in [0.05, 0.1) is 0 Å². The monoisotopic (exact) mass is 170 g/mol. The van der Waals surface area contributed by atoms with Crippen molar-refractivity contribution >= 4 is 9.24 Å². The van der Waals surface area contributed by atoms with Crippen LogP contribution in [0.1, 0.15) is 33.6 Å². The van der Waals surface area contributed by atoms with E-state index in [0.29, 0.717) is 5.16 Å². The fraction of sp³-hybridized carbons (Fsp3) is 1.00. The summed E-state index contributed by atoms with van der Waals surface area (Å²) in [6.45, 7) is 7.14. The lowest BCUT2D eigenvalue weighted by molar-refractivity contribution is 0.574. The van der Waals surface area contributed by atoms with E-state index in [0.717, 1.165) is 23.7 Å². The molecule has 1 heteroatoms. The molecule has 11 heavy (non-hydrogen) atoms. The minimum absolute atomic E-state index is 0.606. The number of rotatable bonds is 2. The van der Waals surface area contributed by atoms with Crippen molar-refractivity contribution in [3.63, 3.8) is 0 Å². The van der Waals surface area contributed by atoms with Crippen molar-refractivity contribution in [2.45, 2.75) is 38.8 Å². The molecule has 2 saturated carbocycles. The third-order valence-corrected chi connectivity index (χ3v) is 5.00. The van der Waals surface area contributed by atoms with E-state index in [1.165, 1.54) is 12.8 Å². The summed E-state index contributed by atoms with van der Waals surface area (Å²) < 4.78 is 0. The second kappa shape index (κ2) is 2.22. The van der Waals surface area contributed by atoms with Gasteiger partial charge in [0, 0.05) is 0 Å². The van der Waals surface area contributed by atoms with Crippen molar-refractivity contribution in [3.8, 4) is 0 Å². The van der Waals surface area contributed by atoms with Crippen molar-refractivity contribution in [2.24, 2.45) is 23.7 Å². The molecule has 2 fully saturated rings. The predicted octanol–water partition coefficient (Wildman–Crippen LogP) is 2.93. The highest BCUT2D eigenvalue weighted by Crippen LogP contribution is 2.68. The van der Waals surface area contributed by atoms with E-state index in [9.17, 15) is 0 Å². The van der Waals surface area contributed by atoms with E-state index >= 15 is 0 Å². The zero-order valence-electron chi connectivity index (χ0n) is 7.80. The molecule has 6 unspecified atom stereocenters. The minimum atomic E-state index is 0.606. The minimum Gasteiger partial charge on any atom is -0.131 e. The summed E-state index contributed by atoms with van der Waals surface area (Å²) in [5.74, 6) is 4.19. The molecule has 0 radical (unpaired) electrons. The molecule has 2 aliphatic carbocycles. The van der Waals surface area contributed by atoms with E-state index < -0.39 is 0 Å². The van der Waals surface area contributed by atoms with Gasteiger partial charge in [0.15, 0.2) is 0 Å². The number of hydrogen-bond acceptors (Lipinski definition) is 0. The maximum Gasteiger partial charge on any atom is -0.0116 e. The van der Waals surface area contributed by atoms with Crippen LogP contribution in [0.2, 0.25) is 0 Å². The Balaban J connectivity index is 1.92. The van der Waals surface area contributed by atoms with Crippen molar-refractivity contribution in [2.75, 3.05) is 0 Å². The summed E-state index contributed by atoms with van der Waals surface area (Å²) in [6.07, 6.45) is 2.93. The van der Waals surface area contributed by atoms with Gasteiger partial charge in [-0.2, -0.15) is 0 Å². The Morgan fingerprint density at radius 1 is 1.55 bits per heavy atom. The summed E-state index contributed by atoms with van der Waals surface area (Å²) in [5.41, 5.74) is 0. The first kappa shape index (κ1) is 8.05. The molecule has 0 heterocycles. The maximum atomic E-state index is 3.05. The van der Waals surface area contributed by atoms with Gasteiger partial charge in [-0.3, -0.25) is 0 Å². The van der Waals surface area contributed by atoms with Crippen LogP contribution < -0.4 is 0 Å². The zero-order chi connectivity index (χ0) is 8.22. The smallest absolute Gasteiger partial charge is 0.0116 e. The van der Waals surface area contributed by atoms with Crippen LogP contribution in [0.4, 0.5) is 0 Å². The van der Waals surface area contributed by atoms with E-state index in [1.807, 2.05) is 0 Å². The highest BCUT2D eigenvalue weighted by atomic mass is 31.0. The molecular formula is C10H19P. The summed E-state index contributed by atoms with van der Waals surface area (Å²) in [5, 5.41) is 0.606. The SMILES string of the molecule is CCC1CC1C1C(C)C1(C)P. The van der Waals surface area contributed by atoms with Gasteiger partial charge < -0.3 is 0 Å². The van der Waals surface area contributed by atoms with Crippen LogP contribution in [0.15, 0.2) is 0 Å². The first-order valence-electron chi connectivity index (χ1n) is 4.88. The quantitative estimate of drug-likeness (QED) is 0.559. The van der Waals surface area contributed by atoms with Gasteiger partial charge in [-0.05, 0) is 35.2 Å². The highest BCUT2D eigenvalue weighted by Gasteiger charge is 2.63. The lowest BCUT2D eigenvalue weighted by atomic mass is 10.1. The molecule has 0 nitrogen and oxygen atoms in total. The molecule has 0 amide bonds. The summed E-state index contributed by atoms with van der Waals surface area (Å²) >= 11 is 0. The normalized spacial score (nSPS) is 61.1. The van der Waals surface area contributed by atoms with Crippen LogP contribution in [0.3, 0.4) is 0 Å². The molecule has 6 atom stereocenters. The van der Waals surface area contributed by atoms with Gasteiger partial charge in [-0.1, -0.05) is 27.2 Å². The third kappa shape index (κ3) is 1.06. The Hall–Kier alpha value is 0.430. The second-order valence-electron chi connectivity index (χ2n) is 4.75. The topological polar surface area (TPSA) is 0 Å². The molecule has 0 saturated heterocycles. The Morgan fingerprint density at radius 2 is 2.09 bits per heavy atom. The average molecular weight is 170 g/mol. The van der Waals surface area contributed by atoms with Crippen LogP contribution >= 0.6 is 9.24 Å². The summed E-state index contributed by atoms with van der Waals surface area (Å²) in [4.78, 5) is 0. The molecule has 0 aromatic heterocycles. The van der Waals surface area contributed by atoms with Crippen LogP contribution in [-0.2, 0) is 0 Å². The van der Waals surface area contributed by atoms with Gasteiger partial charge in [0.2, 0.25) is 0 Å². The van der Waals surface area contributed by atoms with E-state index in [-0.39, 0.29) is 0 Å². The Bertz CT molecular complexity index is 174. The zero-order valence-corrected chi connectivity index (χ0v) is 8.96.